The van der Waals surface area contributed by atoms with E-state index in [4.69, 9.17) is 4.84 Å². The summed E-state index contributed by atoms with van der Waals surface area (Å²) in [5, 5.41) is 1.74. The number of benzene rings is 3. The second-order valence-corrected chi connectivity index (χ2v) is 8.27. The lowest BCUT2D eigenvalue weighted by atomic mass is 9.90. The van der Waals surface area contributed by atoms with Crippen molar-refractivity contribution in [3.63, 3.8) is 0 Å². The van der Waals surface area contributed by atoms with Crippen LogP contribution in [0.1, 0.15) is 25.5 Å². The maximum Gasteiger partial charge on any atom is 0.266 e. The molecule has 6 nitrogen and oxygen atoms in total. The van der Waals surface area contributed by atoms with E-state index in [1.807, 2.05) is 60.7 Å². The highest BCUT2D eigenvalue weighted by Gasteiger charge is 2.60. The number of amides is 2. The number of rotatable bonds is 6. The van der Waals surface area contributed by atoms with Gasteiger partial charge in [-0.1, -0.05) is 48.5 Å². The molecular weight excluding hydrogens is 414 g/mol. The van der Waals surface area contributed by atoms with Crippen molar-refractivity contribution in [3.8, 4) is 0 Å². The Bertz CT molecular complexity index is 1130. The Morgan fingerprint density at radius 2 is 1.33 bits per heavy atom. The van der Waals surface area contributed by atoms with Crippen LogP contribution >= 0.6 is 0 Å². The molecule has 5 rings (SSSR count). The summed E-state index contributed by atoms with van der Waals surface area (Å²) in [6.45, 7) is 6.10. The third kappa shape index (κ3) is 3.56. The van der Waals surface area contributed by atoms with Gasteiger partial charge in [0.1, 0.15) is 5.92 Å². The number of hydrogen-bond donors (Lipinski definition) is 0. The van der Waals surface area contributed by atoms with Crippen LogP contribution in [-0.4, -0.2) is 31.0 Å². The van der Waals surface area contributed by atoms with Crippen LogP contribution in [0.15, 0.2) is 84.9 Å². The largest absolute Gasteiger partial charge is 0.372 e. The molecule has 2 amide bonds. The van der Waals surface area contributed by atoms with E-state index >= 15 is 0 Å². The van der Waals surface area contributed by atoms with E-state index < -0.39 is 18.1 Å². The quantitative estimate of drug-likeness (QED) is 0.524. The van der Waals surface area contributed by atoms with Crippen molar-refractivity contribution in [1.82, 2.24) is 0 Å². The van der Waals surface area contributed by atoms with Gasteiger partial charge in [-0.25, -0.2) is 9.96 Å². The number of nitrogens with zero attached hydrogens (tertiary/aromatic N) is 3. The molecule has 3 unspecified atom stereocenters. The van der Waals surface area contributed by atoms with Gasteiger partial charge in [0.05, 0.1) is 17.4 Å². The highest BCUT2D eigenvalue weighted by Crippen LogP contribution is 2.47. The van der Waals surface area contributed by atoms with Gasteiger partial charge >= 0.3 is 0 Å². The first-order valence-corrected chi connectivity index (χ1v) is 11.4. The second-order valence-electron chi connectivity index (χ2n) is 8.27. The van der Waals surface area contributed by atoms with Crippen molar-refractivity contribution in [2.75, 3.05) is 28.0 Å². The number of carbonyl (C=O) groups excluding carboxylic acids is 2. The lowest BCUT2D eigenvalue weighted by Crippen LogP contribution is -2.37. The fourth-order valence-electron chi connectivity index (χ4n) is 4.85. The first-order valence-electron chi connectivity index (χ1n) is 11.4. The molecular formula is C27H27N3O3. The van der Waals surface area contributed by atoms with Gasteiger partial charge in [0, 0.05) is 18.8 Å². The minimum Gasteiger partial charge on any atom is -0.372 e. The average Bonchev–Trinajstić information content (AvgIpc) is 3.37. The van der Waals surface area contributed by atoms with Crippen LogP contribution < -0.4 is 14.9 Å². The predicted molar refractivity (Wildman–Crippen MR) is 129 cm³/mol. The number of fused-ring (bicyclic) bond motifs is 1. The first-order chi connectivity index (χ1) is 16.1. The average molecular weight is 442 g/mol. The molecule has 33 heavy (non-hydrogen) atoms. The van der Waals surface area contributed by atoms with Gasteiger partial charge in [-0.2, -0.15) is 0 Å². The van der Waals surface area contributed by atoms with Crippen LogP contribution in [0.2, 0.25) is 0 Å². The van der Waals surface area contributed by atoms with Crippen molar-refractivity contribution in [1.29, 1.82) is 0 Å². The minimum atomic E-state index is -0.856. The molecule has 2 aliphatic heterocycles. The van der Waals surface area contributed by atoms with Crippen molar-refractivity contribution in [2.45, 2.75) is 26.0 Å². The summed E-state index contributed by atoms with van der Waals surface area (Å²) in [4.78, 5) is 36.7. The van der Waals surface area contributed by atoms with Crippen molar-refractivity contribution >= 4 is 28.9 Å². The Balaban J connectivity index is 1.55. The highest BCUT2D eigenvalue weighted by atomic mass is 16.7. The molecule has 0 spiro atoms. The standard InChI is InChI=1S/C27H27N3O3/c1-3-28(4-2)20-17-15-19(16-18-20)24-23-25(33-30(24)22-13-9-6-10-14-22)27(32)29(26(23)31)21-11-7-5-8-12-21/h5-18,23-25H,3-4H2,1-2H3. The zero-order valence-corrected chi connectivity index (χ0v) is 18.8. The van der Waals surface area contributed by atoms with Crippen LogP contribution in [-0.2, 0) is 14.4 Å². The zero-order valence-electron chi connectivity index (χ0n) is 18.8. The Morgan fingerprint density at radius 3 is 1.91 bits per heavy atom. The van der Waals surface area contributed by atoms with E-state index in [2.05, 4.69) is 30.9 Å². The molecule has 0 N–H and O–H groups in total. The van der Waals surface area contributed by atoms with E-state index in [0.29, 0.717) is 5.69 Å². The summed E-state index contributed by atoms with van der Waals surface area (Å²) >= 11 is 0. The van der Waals surface area contributed by atoms with E-state index in [1.54, 1.807) is 17.2 Å². The summed E-state index contributed by atoms with van der Waals surface area (Å²) in [6, 6.07) is 26.5. The third-order valence-electron chi connectivity index (χ3n) is 6.50. The van der Waals surface area contributed by atoms with Crippen LogP contribution in [0.5, 0.6) is 0 Å². The monoisotopic (exact) mass is 441 g/mol. The van der Waals surface area contributed by atoms with Gasteiger partial charge in [-0.3, -0.25) is 14.4 Å². The van der Waals surface area contributed by atoms with Crippen LogP contribution in [0.3, 0.4) is 0 Å². The number of hydroxylamine groups is 1. The lowest BCUT2D eigenvalue weighted by Gasteiger charge is -2.29. The minimum absolute atomic E-state index is 0.229. The van der Waals surface area contributed by atoms with Gasteiger partial charge in [0.2, 0.25) is 5.91 Å². The Labute approximate surface area is 193 Å². The molecule has 0 radical (unpaired) electrons. The maximum atomic E-state index is 13.6. The van der Waals surface area contributed by atoms with Gasteiger partial charge in [-0.15, -0.1) is 0 Å². The smallest absolute Gasteiger partial charge is 0.266 e. The summed E-state index contributed by atoms with van der Waals surface area (Å²) in [6.07, 6.45) is -0.856. The Hall–Kier alpha value is -3.64. The Kier molecular flexibility index (Phi) is 5.60. The van der Waals surface area contributed by atoms with Gasteiger partial charge in [-0.05, 0) is 55.8 Å². The predicted octanol–water partition coefficient (Wildman–Crippen LogP) is 4.58. The van der Waals surface area contributed by atoms with E-state index in [-0.39, 0.29) is 11.8 Å². The molecule has 6 heteroatoms. The summed E-state index contributed by atoms with van der Waals surface area (Å²) in [5.41, 5.74) is 3.47. The lowest BCUT2D eigenvalue weighted by molar-refractivity contribution is -0.126. The van der Waals surface area contributed by atoms with Crippen molar-refractivity contribution in [3.05, 3.63) is 90.5 Å². The molecule has 2 saturated heterocycles. The van der Waals surface area contributed by atoms with Gasteiger partial charge < -0.3 is 4.90 Å². The number of carbonyl (C=O) groups is 2. The van der Waals surface area contributed by atoms with Gasteiger partial charge in [0.15, 0.2) is 6.10 Å². The van der Waals surface area contributed by atoms with E-state index in [0.717, 1.165) is 30.0 Å². The molecule has 3 aromatic carbocycles. The molecule has 0 aromatic heterocycles. The van der Waals surface area contributed by atoms with E-state index in [9.17, 15) is 9.59 Å². The van der Waals surface area contributed by atoms with Crippen LogP contribution in [0, 0.1) is 5.92 Å². The molecule has 2 heterocycles. The topological polar surface area (TPSA) is 53.1 Å². The van der Waals surface area contributed by atoms with Crippen molar-refractivity contribution in [2.24, 2.45) is 5.92 Å². The molecule has 0 saturated carbocycles. The number of anilines is 3. The molecule has 2 fully saturated rings. The number of imide groups is 1. The number of para-hydroxylation sites is 2. The summed E-state index contributed by atoms with van der Waals surface area (Å²) < 4.78 is 0. The first kappa shape index (κ1) is 21.2. The normalized spacial score (nSPS) is 22.1. The summed E-state index contributed by atoms with van der Waals surface area (Å²) in [7, 11) is 0. The molecule has 0 aliphatic carbocycles. The van der Waals surface area contributed by atoms with Gasteiger partial charge in [0.25, 0.3) is 5.91 Å². The van der Waals surface area contributed by atoms with Crippen molar-refractivity contribution < 1.29 is 14.4 Å². The summed E-state index contributed by atoms with van der Waals surface area (Å²) in [5.74, 6) is -1.18. The fraction of sp³-hybridized carbons (Fsp3) is 0.259. The number of hydrogen-bond acceptors (Lipinski definition) is 5. The Morgan fingerprint density at radius 1 is 0.758 bits per heavy atom. The van der Waals surface area contributed by atoms with Crippen LogP contribution in [0.25, 0.3) is 0 Å². The molecule has 0 bridgehead atoms. The molecule has 2 aliphatic rings. The molecule has 3 atom stereocenters. The zero-order chi connectivity index (χ0) is 22.9. The third-order valence-corrected chi connectivity index (χ3v) is 6.50. The second kappa shape index (κ2) is 8.71. The van der Waals surface area contributed by atoms with Crippen LogP contribution in [0.4, 0.5) is 17.1 Å². The fourth-order valence-corrected chi connectivity index (χ4v) is 4.85. The molecule has 3 aromatic rings. The molecule has 168 valence electrons. The van der Waals surface area contributed by atoms with E-state index in [1.165, 1.54) is 4.90 Å². The SMILES string of the molecule is CCN(CC)c1ccc(C2C3C(=O)N(c4ccccc4)C(=O)C3ON2c2ccccc2)cc1. The maximum absolute atomic E-state index is 13.6. The highest BCUT2D eigenvalue weighted by molar-refractivity contribution is 6.23.